The molecule has 6 heteroatoms. The molecule has 1 aliphatic rings. The number of nitrogens with zero attached hydrogens (tertiary/aromatic N) is 2. The highest BCUT2D eigenvalue weighted by Gasteiger charge is 2.27. The summed E-state index contributed by atoms with van der Waals surface area (Å²) in [7, 11) is 0. The summed E-state index contributed by atoms with van der Waals surface area (Å²) in [4.78, 5) is 16.1. The SMILES string of the molecule is CC(C)CN1CCN(C(=O)c2c(F)ccc(Br)c2F)CC1. The van der Waals surface area contributed by atoms with Crippen molar-refractivity contribution in [3.63, 3.8) is 0 Å². The van der Waals surface area contributed by atoms with Crippen LogP contribution in [-0.4, -0.2) is 48.4 Å². The van der Waals surface area contributed by atoms with Crippen LogP contribution in [0.15, 0.2) is 16.6 Å². The molecule has 1 saturated heterocycles. The number of rotatable bonds is 3. The highest BCUT2D eigenvalue weighted by atomic mass is 79.9. The van der Waals surface area contributed by atoms with Crippen molar-refractivity contribution in [3.8, 4) is 0 Å². The lowest BCUT2D eigenvalue weighted by Crippen LogP contribution is -2.49. The van der Waals surface area contributed by atoms with Gasteiger partial charge in [-0.15, -0.1) is 0 Å². The van der Waals surface area contributed by atoms with E-state index in [9.17, 15) is 13.6 Å². The molecule has 1 fully saturated rings. The summed E-state index contributed by atoms with van der Waals surface area (Å²) in [6.07, 6.45) is 0. The van der Waals surface area contributed by atoms with Gasteiger partial charge < -0.3 is 4.90 Å². The fraction of sp³-hybridized carbons (Fsp3) is 0.533. The third-order valence-electron chi connectivity index (χ3n) is 3.54. The number of carbonyl (C=O) groups is 1. The van der Waals surface area contributed by atoms with Crippen molar-refractivity contribution in [2.45, 2.75) is 13.8 Å². The Morgan fingerprint density at radius 1 is 1.24 bits per heavy atom. The molecule has 1 aliphatic heterocycles. The normalized spacial score (nSPS) is 16.6. The number of hydrogen-bond donors (Lipinski definition) is 0. The quantitative estimate of drug-likeness (QED) is 0.773. The average Bonchev–Trinajstić information content (AvgIpc) is 2.43. The maximum Gasteiger partial charge on any atom is 0.259 e. The van der Waals surface area contributed by atoms with Gasteiger partial charge in [0, 0.05) is 32.7 Å². The first-order valence-electron chi connectivity index (χ1n) is 7.05. The summed E-state index contributed by atoms with van der Waals surface area (Å²) in [5, 5.41) is 0. The van der Waals surface area contributed by atoms with Gasteiger partial charge in [0.25, 0.3) is 5.91 Å². The highest BCUT2D eigenvalue weighted by Crippen LogP contribution is 2.23. The van der Waals surface area contributed by atoms with E-state index in [4.69, 9.17) is 0 Å². The Bertz CT molecular complexity index is 529. The van der Waals surface area contributed by atoms with Crippen molar-refractivity contribution in [1.82, 2.24) is 9.80 Å². The number of carbonyl (C=O) groups excluding carboxylic acids is 1. The Hall–Kier alpha value is -1.01. The molecule has 0 aromatic heterocycles. The zero-order valence-electron chi connectivity index (χ0n) is 12.2. The van der Waals surface area contributed by atoms with Crippen LogP contribution in [0.3, 0.4) is 0 Å². The fourth-order valence-corrected chi connectivity index (χ4v) is 2.86. The second-order valence-electron chi connectivity index (χ2n) is 5.70. The minimum atomic E-state index is -0.829. The van der Waals surface area contributed by atoms with Crippen molar-refractivity contribution in [3.05, 3.63) is 33.8 Å². The molecule has 0 bridgehead atoms. The predicted octanol–water partition coefficient (Wildman–Crippen LogP) is 3.14. The number of amides is 1. The minimum absolute atomic E-state index is 0.102. The maximum atomic E-state index is 14.0. The van der Waals surface area contributed by atoms with Crippen LogP contribution in [0.25, 0.3) is 0 Å². The van der Waals surface area contributed by atoms with Crippen LogP contribution in [0, 0.1) is 17.6 Å². The van der Waals surface area contributed by atoms with Crippen molar-refractivity contribution >= 4 is 21.8 Å². The van der Waals surface area contributed by atoms with Gasteiger partial charge in [0.05, 0.1) is 4.47 Å². The van der Waals surface area contributed by atoms with Crippen LogP contribution < -0.4 is 0 Å². The molecule has 0 spiro atoms. The van der Waals surface area contributed by atoms with Crippen LogP contribution >= 0.6 is 15.9 Å². The summed E-state index contributed by atoms with van der Waals surface area (Å²) >= 11 is 2.99. The molecule has 116 valence electrons. The van der Waals surface area contributed by atoms with Crippen LogP contribution in [0.2, 0.25) is 0 Å². The van der Waals surface area contributed by atoms with Crippen molar-refractivity contribution in [2.24, 2.45) is 5.92 Å². The highest BCUT2D eigenvalue weighted by molar-refractivity contribution is 9.10. The fourth-order valence-electron chi connectivity index (χ4n) is 2.53. The Labute approximate surface area is 132 Å². The van der Waals surface area contributed by atoms with E-state index in [0.717, 1.165) is 25.7 Å². The second-order valence-corrected chi connectivity index (χ2v) is 6.56. The lowest BCUT2D eigenvalue weighted by atomic mass is 10.1. The lowest BCUT2D eigenvalue weighted by molar-refractivity contribution is 0.0614. The summed E-state index contributed by atoms with van der Waals surface area (Å²) in [5.74, 6) is -1.65. The summed E-state index contributed by atoms with van der Waals surface area (Å²) in [5.41, 5.74) is -0.471. The summed E-state index contributed by atoms with van der Waals surface area (Å²) < 4.78 is 27.8. The molecule has 0 N–H and O–H groups in total. The maximum absolute atomic E-state index is 14.0. The standard InChI is InChI=1S/C15H19BrF2N2O/c1-10(2)9-19-5-7-20(8-6-19)15(21)13-12(17)4-3-11(16)14(13)18/h3-4,10H,5-9H2,1-2H3. The molecular weight excluding hydrogens is 342 g/mol. The van der Waals surface area contributed by atoms with E-state index >= 15 is 0 Å². The summed E-state index contributed by atoms with van der Waals surface area (Å²) in [6.45, 7) is 7.73. The van der Waals surface area contributed by atoms with Gasteiger partial charge >= 0.3 is 0 Å². The first-order valence-corrected chi connectivity index (χ1v) is 7.84. The Kier molecular flexibility index (Phi) is 5.32. The van der Waals surface area contributed by atoms with E-state index in [2.05, 4.69) is 34.7 Å². The van der Waals surface area contributed by atoms with Gasteiger partial charge in [0.1, 0.15) is 11.4 Å². The Morgan fingerprint density at radius 2 is 1.86 bits per heavy atom. The van der Waals surface area contributed by atoms with Gasteiger partial charge in [0.15, 0.2) is 5.82 Å². The minimum Gasteiger partial charge on any atom is -0.336 e. The number of piperazine rings is 1. The molecule has 0 radical (unpaired) electrons. The molecule has 0 atom stereocenters. The van der Waals surface area contributed by atoms with Crippen LogP contribution in [0.4, 0.5) is 8.78 Å². The van der Waals surface area contributed by atoms with Crippen molar-refractivity contribution in [2.75, 3.05) is 32.7 Å². The molecule has 21 heavy (non-hydrogen) atoms. The van der Waals surface area contributed by atoms with E-state index in [0.29, 0.717) is 19.0 Å². The number of halogens is 3. The molecule has 2 rings (SSSR count). The molecule has 1 aromatic rings. The molecule has 1 amide bonds. The smallest absolute Gasteiger partial charge is 0.259 e. The molecule has 0 unspecified atom stereocenters. The predicted molar refractivity (Wildman–Crippen MR) is 81.2 cm³/mol. The average molecular weight is 361 g/mol. The van der Waals surface area contributed by atoms with E-state index in [1.54, 1.807) is 0 Å². The van der Waals surface area contributed by atoms with Crippen LogP contribution in [0.1, 0.15) is 24.2 Å². The van der Waals surface area contributed by atoms with Gasteiger partial charge in [-0.2, -0.15) is 0 Å². The topological polar surface area (TPSA) is 23.6 Å². The largest absolute Gasteiger partial charge is 0.336 e. The zero-order chi connectivity index (χ0) is 15.6. The van der Waals surface area contributed by atoms with Crippen molar-refractivity contribution < 1.29 is 13.6 Å². The van der Waals surface area contributed by atoms with E-state index in [-0.39, 0.29) is 4.47 Å². The van der Waals surface area contributed by atoms with Gasteiger partial charge in [-0.25, -0.2) is 8.78 Å². The molecule has 1 heterocycles. The lowest BCUT2D eigenvalue weighted by Gasteiger charge is -2.35. The third-order valence-corrected chi connectivity index (χ3v) is 4.15. The van der Waals surface area contributed by atoms with E-state index < -0.39 is 23.1 Å². The van der Waals surface area contributed by atoms with E-state index in [1.807, 2.05) is 0 Å². The van der Waals surface area contributed by atoms with Gasteiger partial charge in [-0.05, 0) is 34.0 Å². The number of benzene rings is 1. The van der Waals surface area contributed by atoms with Gasteiger partial charge in [0.2, 0.25) is 0 Å². The zero-order valence-corrected chi connectivity index (χ0v) is 13.8. The van der Waals surface area contributed by atoms with Crippen LogP contribution in [-0.2, 0) is 0 Å². The molecule has 0 saturated carbocycles. The third kappa shape index (κ3) is 3.80. The molecule has 1 aromatic carbocycles. The van der Waals surface area contributed by atoms with Crippen molar-refractivity contribution in [1.29, 1.82) is 0 Å². The first-order chi connectivity index (χ1) is 9.90. The first kappa shape index (κ1) is 16.4. The molecular formula is C15H19BrF2N2O. The Morgan fingerprint density at radius 3 is 2.43 bits per heavy atom. The monoisotopic (exact) mass is 360 g/mol. The summed E-state index contributed by atoms with van der Waals surface area (Å²) in [6, 6.07) is 2.37. The van der Waals surface area contributed by atoms with E-state index in [1.165, 1.54) is 11.0 Å². The van der Waals surface area contributed by atoms with Crippen LogP contribution in [0.5, 0.6) is 0 Å². The second kappa shape index (κ2) is 6.83. The molecule has 0 aliphatic carbocycles. The number of hydrogen-bond acceptors (Lipinski definition) is 2. The van der Waals surface area contributed by atoms with Gasteiger partial charge in [-0.3, -0.25) is 9.69 Å². The Balaban J connectivity index is 2.08. The van der Waals surface area contributed by atoms with Gasteiger partial charge in [-0.1, -0.05) is 13.8 Å². The molecule has 3 nitrogen and oxygen atoms in total.